The van der Waals surface area contributed by atoms with E-state index in [4.69, 9.17) is 4.74 Å². The molecule has 178 valence electrons. The van der Waals surface area contributed by atoms with E-state index in [0.717, 1.165) is 44.4 Å². The van der Waals surface area contributed by atoms with Gasteiger partial charge in [-0.05, 0) is 43.7 Å². The Morgan fingerprint density at radius 1 is 1.34 bits per heavy atom. The van der Waals surface area contributed by atoms with Crippen molar-refractivity contribution in [2.45, 2.75) is 63.8 Å². The van der Waals surface area contributed by atoms with Gasteiger partial charge < -0.3 is 20.3 Å². The Kier molecular flexibility index (Phi) is 6.79. The number of rotatable bonds is 5. The van der Waals surface area contributed by atoms with Crippen molar-refractivity contribution in [1.29, 1.82) is 0 Å². The molecule has 2 unspecified atom stereocenters. The number of carbonyl (C=O) groups is 1. The molecule has 1 aromatic heterocycles. The third-order valence-electron chi connectivity index (χ3n) is 7.44. The van der Waals surface area contributed by atoms with Gasteiger partial charge in [0.05, 0.1) is 29.3 Å². The summed E-state index contributed by atoms with van der Waals surface area (Å²) in [6.45, 7) is 7.12. The number of nitrogens with one attached hydrogen (secondary N) is 2. The molecule has 32 heavy (non-hydrogen) atoms. The smallest absolute Gasteiger partial charge is 0.380 e. The van der Waals surface area contributed by atoms with Gasteiger partial charge in [0.2, 0.25) is 5.91 Å². The van der Waals surface area contributed by atoms with Crippen LogP contribution in [0, 0.1) is 11.3 Å². The zero-order chi connectivity index (χ0) is 22.9. The van der Waals surface area contributed by atoms with E-state index in [-0.39, 0.29) is 23.6 Å². The van der Waals surface area contributed by atoms with E-state index in [0.29, 0.717) is 32.3 Å². The van der Waals surface area contributed by atoms with Gasteiger partial charge in [0.15, 0.2) is 0 Å². The van der Waals surface area contributed by atoms with E-state index in [9.17, 15) is 18.0 Å². The molecule has 2 N–H and O–H groups in total. The summed E-state index contributed by atoms with van der Waals surface area (Å²) >= 11 is 0. The normalized spacial score (nSPS) is 31.4. The highest BCUT2D eigenvalue weighted by molar-refractivity contribution is 5.84. The third-order valence-corrected chi connectivity index (χ3v) is 7.44. The third kappa shape index (κ3) is 4.65. The zero-order valence-corrected chi connectivity index (χ0v) is 18.8. The van der Waals surface area contributed by atoms with Crippen LogP contribution >= 0.6 is 0 Å². The number of amides is 1. The highest BCUT2D eigenvalue weighted by Gasteiger charge is 2.51. The molecule has 3 fully saturated rings. The number of carbonyl (C=O) groups excluding carboxylic acids is 1. The lowest BCUT2D eigenvalue weighted by molar-refractivity contribution is -0.148. The molecule has 6 nitrogen and oxygen atoms in total. The minimum absolute atomic E-state index is 0.0465. The topological polar surface area (TPSA) is 66.5 Å². The molecule has 1 aliphatic carbocycles. The molecular weight excluding hydrogens is 421 g/mol. The summed E-state index contributed by atoms with van der Waals surface area (Å²) in [4.78, 5) is 20.0. The van der Waals surface area contributed by atoms with Crippen LogP contribution in [0.3, 0.4) is 0 Å². The van der Waals surface area contributed by atoms with Gasteiger partial charge in [-0.1, -0.05) is 13.8 Å². The quantitative estimate of drug-likeness (QED) is 0.716. The average Bonchev–Trinajstić information content (AvgIpc) is 3.44. The van der Waals surface area contributed by atoms with E-state index in [1.165, 1.54) is 6.20 Å². The van der Waals surface area contributed by atoms with Crippen LogP contribution in [0.2, 0.25) is 0 Å². The molecule has 9 heteroatoms. The lowest BCUT2D eigenvalue weighted by atomic mass is 9.73. The number of aromatic nitrogens is 1. The van der Waals surface area contributed by atoms with Crippen LogP contribution in [0.1, 0.15) is 56.8 Å². The number of ether oxygens (including phenoxy) is 1. The first-order valence-electron chi connectivity index (χ1n) is 11.6. The maximum absolute atomic E-state index is 14.0. The highest BCUT2D eigenvalue weighted by atomic mass is 19.4. The van der Waals surface area contributed by atoms with Crippen LogP contribution in [-0.4, -0.2) is 60.7 Å². The van der Waals surface area contributed by atoms with Gasteiger partial charge in [-0.3, -0.25) is 9.78 Å². The van der Waals surface area contributed by atoms with E-state index in [2.05, 4.69) is 29.5 Å². The standard InChI is InChI=1S/C23H33F3N4O2/c1-15(2)22(6-3-17(12-22)29-18-5-10-32-14-18)21(31)30-9-8-27-13-20(30)19-11-16(4-7-28-19)23(24,25)26/h4,7,11,15,17-18,20,27,29H,3,5-6,8-10,12-14H2,1-2H3/t17-,18?,20?,22+/m1/s1. The second-order valence-electron chi connectivity index (χ2n) is 9.66. The van der Waals surface area contributed by atoms with Crippen molar-refractivity contribution < 1.29 is 22.7 Å². The van der Waals surface area contributed by atoms with E-state index >= 15 is 0 Å². The van der Waals surface area contributed by atoms with Gasteiger partial charge in [-0.2, -0.15) is 13.2 Å². The summed E-state index contributed by atoms with van der Waals surface area (Å²) in [6, 6.07) is 2.13. The minimum atomic E-state index is -4.44. The Morgan fingerprint density at radius 2 is 2.16 bits per heavy atom. The lowest BCUT2D eigenvalue weighted by Crippen LogP contribution is -2.55. The van der Waals surface area contributed by atoms with Gasteiger partial charge in [0.25, 0.3) is 0 Å². The predicted octanol–water partition coefficient (Wildman–Crippen LogP) is 3.15. The Hall–Kier alpha value is -1.71. The first kappa shape index (κ1) is 23.4. The molecule has 0 aromatic carbocycles. The number of hydrogen-bond donors (Lipinski definition) is 2. The number of pyridine rings is 1. The number of piperazine rings is 1. The lowest BCUT2D eigenvalue weighted by Gasteiger charge is -2.43. The van der Waals surface area contributed by atoms with Crippen LogP contribution in [0.4, 0.5) is 13.2 Å². The van der Waals surface area contributed by atoms with Crippen LogP contribution in [0.15, 0.2) is 18.3 Å². The molecule has 4 rings (SSSR count). The molecule has 3 heterocycles. The Bertz CT molecular complexity index is 813. The number of alkyl halides is 3. The fraction of sp³-hybridized carbons (Fsp3) is 0.739. The summed E-state index contributed by atoms with van der Waals surface area (Å²) in [5.41, 5.74) is -0.966. The Morgan fingerprint density at radius 3 is 2.84 bits per heavy atom. The van der Waals surface area contributed by atoms with Crippen molar-refractivity contribution in [2.75, 3.05) is 32.8 Å². The summed E-state index contributed by atoms with van der Waals surface area (Å²) in [5.74, 6) is 0.178. The summed E-state index contributed by atoms with van der Waals surface area (Å²) in [7, 11) is 0. The second kappa shape index (κ2) is 9.27. The first-order valence-corrected chi connectivity index (χ1v) is 11.6. The maximum Gasteiger partial charge on any atom is 0.416 e. The van der Waals surface area contributed by atoms with Crippen molar-refractivity contribution in [3.05, 3.63) is 29.6 Å². The molecule has 1 saturated carbocycles. The van der Waals surface area contributed by atoms with Crippen LogP contribution in [0.25, 0.3) is 0 Å². The SMILES string of the molecule is CC(C)[C@]1(C(=O)N2CCNCC2c2cc(C(F)(F)F)ccn2)CC[C@@H](NC2CCOC2)C1. The van der Waals surface area contributed by atoms with Gasteiger partial charge in [0.1, 0.15) is 0 Å². The second-order valence-corrected chi connectivity index (χ2v) is 9.66. The largest absolute Gasteiger partial charge is 0.416 e. The molecule has 1 amide bonds. The molecule has 4 atom stereocenters. The number of halogens is 3. The van der Waals surface area contributed by atoms with Crippen molar-refractivity contribution >= 4 is 5.91 Å². The van der Waals surface area contributed by atoms with E-state index in [1.807, 2.05) is 0 Å². The molecule has 3 aliphatic rings. The Labute approximate surface area is 187 Å². The van der Waals surface area contributed by atoms with Crippen molar-refractivity contribution in [3.8, 4) is 0 Å². The minimum Gasteiger partial charge on any atom is -0.380 e. The van der Waals surface area contributed by atoms with Crippen molar-refractivity contribution in [1.82, 2.24) is 20.5 Å². The summed E-state index contributed by atoms with van der Waals surface area (Å²) in [6.07, 6.45) is 0.169. The predicted molar refractivity (Wildman–Crippen MR) is 114 cm³/mol. The van der Waals surface area contributed by atoms with E-state index in [1.54, 1.807) is 4.90 Å². The van der Waals surface area contributed by atoms with Crippen LogP contribution in [0.5, 0.6) is 0 Å². The van der Waals surface area contributed by atoms with Gasteiger partial charge in [-0.15, -0.1) is 0 Å². The van der Waals surface area contributed by atoms with Crippen LogP contribution < -0.4 is 10.6 Å². The number of nitrogens with zero attached hydrogens (tertiary/aromatic N) is 2. The van der Waals surface area contributed by atoms with Gasteiger partial charge >= 0.3 is 6.18 Å². The fourth-order valence-electron chi connectivity index (χ4n) is 5.49. The summed E-state index contributed by atoms with van der Waals surface area (Å²) in [5, 5.41) is 6.89. The van der Waals surface area contributed by atoms with Gasteiger partial charge in [-0.25, -0.2) is 0 Å². The average molecular weight is 455 g/mol. The van der Waals surface area contributed by atoms with Crippen LogP contribution in [-0.2, 0) is 15.7 Å². The fourth-order valence-corrected chi connectivity index (χ4v) is 5.49. The molecule has 0 spiro atoms. The molecule has 0 radical (unpaired) electrons. The maximum atomic E-state index is 14.0. The molecule has 2 saturated heterocycles. The van der Waals surface area contributed by atoms with Gasteiger partial charge in [0, 0.05) is 44.5 Å². The first-order chi connectivity index (χ1) is 15.2. The Balaban J connectivity index is 1.56. The van der Waals surface area contributed by atoms with Crippen molar-refractivity contribution in [2.24, 2.45) is 11.3 Å². The highest BCUT2D eigenvalue weighted by Crippen LogP contribution is 2.47. The molecule has 2 aliphatic heterocycles. The molecule has 0 bridgehead atoms. The zero-order valence-electron chi connectivity index (χ0n) is 18.8. The monoisotopic (exact) mass is 454 g/mol. The van der Waals surface area contributed by atoms with Crippen molar-refractivity contribution in [3.63, 3.8) is 0 Å². The molecule has 1 aromatic rings. The summed E-state index contributed by atoms with van der Waals surface area (Å²) < 4.78 is 45.3. The van der Waals surface area contributed by atoms with E-state index < -0.39 is 23.2 Å². The number of hydrogen-bond acceptors (Lipinski definition) is 5. The molecular formula is C23H33F3N4O2.